The van der Waals surface area contributed by atoms with E-state index in [-0.39, 0.29) is 5.56 Å². The van der Waals surface area contributed by atoms with E-state index in [9.17, 15) is 4.79 Å². The fraction of sp³-hybridized carbons (Fsp3) is 0. The minimum atomic E-state index is -0.926. The van der Waals surface area contributed by atoms with E-state index in [2.05, 4.69) is 10.2 Å². The smallest absolute Gasteiger partial charge is 0.335 e. The van der Waals surface area contributed by atoms with Crippen LogP contribution in [0.1, 0.15) is 10.4 Å². The summed E-state index contributed by atoms with van der Waals surface area (Å²) < 4.78 is 1.88. The van der Waals surface area contributed by atoms with Crippen molar-refractivity contribution in [1.29, 1.82) is 0 Å². The molecule has 0 bridgehead atoms. The number of carboxylic acid groups (broad SMARTS) is 1. The standard InChI is InChI=1S/C13H9N3O2S/c17-12(18)9-4-6-10(7-5-9)19-13-15-14-11-3-1-2-8-16(11)13/h1-8H,(H,17,18). The number of benzene rings is 1. The second-order valence-corrected chi connectivity index (χ2v) is 4.88. The number of fused-ring (bicyclic) bond motifs is 1. The molecular formula is C13H9N3O2S. The van der Waals surface area contributed by atoms with E-state index in [1.165, 1.54) is 11.8 Å². The Morgan fingerprint density at radius 1 is 1.11 bits per heavy atom. The summed E-state index contributed by atoms with van der Waals surface area (Å²) in [5.74, 6) is -0.926. The highest BCUT2D eigenvalue weighted by Gasteiger charge is 2.07. The van der Waals surface area contributed by atoms with Gasteiger partial charge in [0.2, 0.25) is 0 Å². The highest BCUT2D eigenvalue weighted by Crippen LogP contribution is 2.26. The van der Waals surface area contributed by atoms with Gasteiger partial charge >= 0.3 is 5.97 Å². The second kappa shape index (κ2) is 4.74. The van der Waals surface area contributed by atoms with Gasteiger partial charge in [-0.2, -0.15) is 0 Å². The Morgan fingerprint density at radius 2 is 1.89 bits per heavy atom. The van der Waals surface area contributed by atoms with E-state index in [1.807, 2.05) is 28.8 Å². The van der Waals surface area contributed by atoms with Gasteiger partial charge in [-0.25, -0.2) is 4.79 Å². The topological polar surface area (TPSA) is 67.5 Å². The number of aromatic carboxylic acids is 1. The Kier molecular flexibility index (Phi) is 2.92. The number of carbonyl (C=O) groups is 1. The van der Waals surface area contributed by atoms with E-state index >= 15 is 0 Å². The van der Waals surface area contributed by atoms with E-state index in [1.54, 1.807) is 24.3 Å². The minimum Gasteiger partial charge on any atom is -0.478 e. The van der Waals surface area contributed by atoms with Gasteiger partial charge in [0.1, 0.15) is 0 Å². The van der Waals surface area contributed by atoms with E-state index in [4.69, 9.17) is 5.11 Å². The lowest BCUT2D eigenvalue weighted by atomic mass is 10.2. The van der Waals surface area contributed by atoms with Crippen LogP contribution >= 0.6 is 11.8 Å². The van der Waals surface area contributed by atoms with Crippen LogP contribution in [0.2, 0.25) is 0 Å². The summed E-state index contributed by atoms with van der Waals surface area (Å²) in [5.41, 5.74) is 1.06. The molecule has 5 nitrogen and oxygen atoms in total. The molecular weight excluding hydrogens is 262 g/mol. The van der Waals surface area contributed by atoms with Crippen LogP contribution in [-0.4, -0.2) is 25.7 Å². The van der Waals surface area contributed by atoms with Crippen molar-refractivity contribution in [2.45, 2.75) is 10.1 Å². The summed E-state index contributed by atoms with van der Waals surface area (Å²) in [4.78, 5) is 11.7. The molecule has 19 heavy (non-hydrogen) atoms. The Morgan fingerprint density at radius 3 is 2.63 bits per heavy atom. The van der Waals surface area contributed by atoms with Crippen LogP contribution in [0.4, 0.5) is 0 Å². The van der Waals surface area contributed by atoms with Crippen molar-refractivity contribution < 1.29 is 9.90 Å². The fourth-order valence-corrected chi connectivity index (χ4v) is 2.48. The number of hydrogen-bond acceptors (Lipinski definition) is 4. The number of hydrogen-bond donors (Lipinski definition) is 1. The molecule has 0 aliphatic heterocycles. The van der Waals surface area contributed by atoms with Gasteiger partial charge in [-0.3, -0.25) is 4.40 Å². The summed E-state index contributed by atoms with van der Waals surface area (Å²) in [7, 11) is 0. The van der Waals surface area contributed by atoms with Crippen LogP contribution in [0, 0.1) is 0 Å². The molecule has 2 heterocycles. The summed E-state index contributed by atoms with van der Waals surface area (Å²) in [6, 6.07) is 12.4. The van der Waals surface area contributed by atoms with Crippen LogP contribution in [0.15, 0.2) is 58.7 Å². The Bertz CT molecular complexity index is 737. The van der Waals surface area contributed by atoms with Gasteiger partial charge in [-0.15, -0.1) is 10.2 Å². The molecule has 94 valence electrons. The van der Waals surface area contributed by atoms with E-state index in [0.29, 0.717) is 0 Å². The van der Waals surface area contributed by atoms with Crippen LogP contribution in [0.3, 0.4) is 0 Å². The van der Waals surface area contributed by atoms with Crippen molar-refractivity contribution in [3.8, 4) is 0 Å². The van der Waals surface area contributed by atoms with Crippen molar-refractivity contribution in [2.24, 2.45) is 0 Å². The molecule has 0 spiro atoms. The first kappa shape index (κ1) is 11.7. The largest absolute Gasteiger partial charge is 0.478 e. The van der Waals surface area contributed by atoms with Crippen LogP contribution < -0.4 is 0 Å². The number of nitrogens with zero attached hydrogens (tertiary/aromatic N) is 3. The quantitative estimate of drug-likeness (QED) is 0.793. The first-order valence-electron chi connectivity index (χ1n) is 5.55. The zero-order valence-corrected chi connectivity index (χ0v) is 10.5. The third-order valence-corrected chi connectivity index (χ3v) is 3.56. The van der Waals surface area contributed by atoms with Gasteiger partial charge in [0.15, 0.2) is 10.8 Å². The molecule has 0 atom stereocenters. The number of aromatic nitrogens is 3. The lowest BCUT2D eigenvalue weighted by Gasteiger charge is -2.00. The molecule has 0 aliphatic carbocycles. The van der Waals surface area contributed by atoms with Gasteiger partial charge in [-0.05, 0) is 48.2 Å². The third-order valence-electron chi connectivity index (χ3n) is 2.59. The predicted molar refractivity (Wildman–Crippen MR) is 70.5 cm³/mol. The SMILES string of the molecule is O=C(O)c1ccc(Sc2nnc3ccccn23)cc1. The fourth-order valence-electron chi connectivity index (χ4n) is 1.66. The van der Waals surface area contributed by atoms with Crippen molar-refractivity contribution in [1.82, 2.24) is 14.6 Å². The average molecular weight is 271 g/mol. The van der Waals surface area contributed by atoms with Gasteiger partial charge < -0.3 is 5.11 Å². The molecule has 3 rings (SSSR count). The molecule has 2 aromatic heterocycles. The summed E-state index contributed by atoms with van der Waals surface area (Å²) >= 11 is 1.44. The van der Waals surface area contributed by atoms with Gasteiger partial charge in [0.05, 0.1) is 5.56 Å². The highest BCUT2D eigenvalue weighted by molar-refractivity contribution is 7.99. The molecule has 0 aliphatic rings. The minimum absolute atomic E-state index is 0.274. The maximum absolute atomic E-state index is 10.8. The molecule has 1 aromatic carbocycles. The molecule has 0 unspecified atom stereocenters. The Balaban J connectivity index is 1.90. The maximum Gasteiger partial charge on any atom is 0.335 e. The van der Waals surface area contributed by atoms with Crippen molar-refractivity contribution >= 4 is 23.4 Å². The van der Waals surface area contributed by atoms with E-state index < -0.39 is 5.97 Å². The first-order valence-corrected chi connectivity index (χ1v) is 6.37. The van der Waals surface area contributed by atoms with Crippen molar-refractivity contribution in [3.63, 3.8) is 0 Å². The molecule has 0 radical (unpaired) electrons. The average Bonchev–Trinajstić information content (AvgIpc) is 2.83. The highest BCUT2D eigenvalue weighted by atomic mass is 32.2. The van der Waals surface area contributed by atoms with Gasteiger partial charge in [-0.1, -0.05) is 6.07 Å². The number of carboxylic acids is 1. The second-order valence-electron chi connectivity index (χ2n) is 3.84. The number of rotatable bonds is 3. The monoisotopic (exact) mass is 271 g/mol. The molecule has 0 saturated heterocycles. The predicted octanol–water partition coefficient (Wildman–Crippen LogP) is 2.58. The Hall–Kier alpha value is -2.34. The zero-order valence-electron chi connectivity index (χ0n) is 9.72. The van der Waals surface area contributed by atoms with Gasteiger partial charge in [0, 0.05) is 11.1 Å². The summed E-state index contributed by atoms with van der Waals surface area (Å²) in [6.45, 7) is 0. The summed E-state index contributed by atoms with van der Waals surface area (Å²) in [5, 5.41) is 17.8. The van der Waals surface area contributed by atoms with E-state index in [0.717, 1.165) is 15.7 Å². The summed E-state index contributed by atoms with van der Waals surface area (Å²) in [6.07, 6.45) is 1.89. The maximum atomic E-state index is 10.8. The Labute approximate surface area is 112 Å². The van der Waals surface area contributed by atoms with Crippen molar-refractivity contribution in [3.05, 3.63) is 54.2 Å². The first-order chi connectivity index (χ1) is 9.24. The molecule has 0 fully saturated rings. The molecule has 0 saturated carbocycles. The van der Waals surface area contributed by atoms with Gasteiger partial charge in [0.25, 0.3) is 0 Å². The van der Waals surface area contributed by atoms with Crippen LogP contribution in [-0.2, 0) is 0 Å². The number of pyridine rings is 1. The molecule has 6 heteroatoms. The molecule has 1 N–H and O–H groups in total. The molecule has 3 aromatic rings. The normalized spacial score (nSPS) is 10.7. The third kappa shape index (κ3) is 2.30. The van der Waals surface area contributed by atoms with Crippen molar-refractivity contribution in [2.75, 3.05) is 0 Å². The van der Waals surface area contributed by atoms with Crippen LogP contribution in [0.25, 0.3) is 5.65 Å². The lowest BCUT2D eigenvalue weighted by molar-refractivity contribution is 0.0697. The van der Waals surface area contributed by atoms with Crippen LogP contribution in [0.5, 0.6) is 0 Å². The lowest BCUT2D eigenvalue weighted by Crippen LogP contribution is -1.94. The zero-order chi connectivity index (χ0) is 13.2. The molecule has 0 amide bonds.